The molecule has 7 heteroatoms. The third kappa shape index (κ3) is 5.08. The maximum atomic E-state index is 13.8. The van der Waals surface area contributed by atoms with Crippen LogP contribution in [0.2, 0.25) is 0 Å². The van der Waals surface area contributed by atoms with Gasteiger partial charge in [-0.3, -0.25) is 14.5 Å². The minimum atomic E-state index is -0.221. The fourth-order valence-corrected chi connectivity index (χ4v) is 7.06. The van der Waals surface area contributed by atoms with E-state index >= 15 is 0 Å². The summed E-state index contributed by atoms with van der Waals surface area (Å²) in [6.07, 6.45) is 2.26. The second kappa shape index (κ2) is 10.6. The lowest BCUT2D eigenvalue weighted by Crippen LogP contribution is -2.51. The van der Waals surface area contributed by atoms with Gasteiger partial charge in [-0.15, -0.1) is 22.7 Å². The van der Waals surface area contributed by atoms with Crippen LogP contribution in [0.4, 0.5) is 0 Å². The van der Waals surface area contributed by atoms with Crippen LogP contribution >= 0.6 is 22.7 Å². The largest absolute Gasteiger partial charge is 0.341 e. The van der Waals surface area contributed by atoms with E-state index in [1.807, 2.05) is 38.6 Å². The van der Waals surface area contributed by atoms with Crippen LogP contribution in [-0.4, -0.2) is 65.3 Å². The van der Waals surface area contributed by atoms with E-state index in [1.165, 1.54) is 21.6 Å². The maximum Gasteiger partial charge on any atom is 0.239 e. The molecule has 2 aliphatic heterocycles. The molecule has 0 unspecified atom stereocenters. The smallest absolute Gasteiger partial charge is 0.239 e. The van der Waals surface area contributed by atoms with Gasteiger partial charge in [0.05, 0.1) is 18.5 Å². The molecule has 0 radical (unpaired) electrons. The number of fused-ring (bicyclic) bond motifs is 1. The molecule has 0 aliphatic carbocycles. The first-order valence-electron chi connectivity index (χ1n) is 12.5. The van der Waals surface area contributed by atoms with E-state index < -0.39 is 0 Å². The van der Waals surface area contributed by atoms with Gasteiger partial charge >= 0.3 is 0 Å². The molecule has 1 fully saturated rings. The van der Waals surface area contributed by atoms with Crippen molar-refractivity contribution in [3.8, 4) is 0 Å². The lowest BCUT2D eigenvalue weighted by Gasteiger charge is -2.41. The predicted molar refractivity (Wildman–Crippen MR) is 143 cm³/mol. The monoisotopic (exact) mass is 507 g/mol. The summed E-state index contributed by atoms with van der Waals surface area (Å²) in [5.74, 6) is 0.338. The van der Waals surface area contributed by atoms with Gasteiger partial charge in [-0.2, -0.15) is 0 Å². The number of carbonyl (C=O) groups is 2. The van der Waals surface area contributed by atoms with Gasteiger partial charge < -0.3 is 9.80 Å². The van der Waals surface area contributed by atoms with Crippen LogP contribution < -0.4 is 0 Å². The highest BCUT2D eigenvalue weighted by Gasteiger charge is 2.37. The van der Waals surface area contributed by atoms with Crippen molar-refractivity contribution in [3.63, 3.8) is 0 Å². The highest BCUT2D eigenvalue weighted by Crippen LogP contribution is 2.40. The first kappa shape index (κ1) is 24.2. The number of amides is 2. The topological polar surface area (TPSA) is 43.9 Å². The quantitative estimate of drug-likeness (QED) is 0.500. The van der Waals surface area contributed by atoms with Gasteiger partial charge in [0.1, 0.15) is 0 Å². The normalized spacial score (nSPS) is 19.8. The Morgan fingerprint density at radius 3 is 2.51 bits per heavy atom. The van der Waals surface area contributed by atoms with Crippen molar-refractivity contribution in [2.24, 2.45) is 0 Å². The number of benzene rings is 1. The molecule has 2 atom stereocenters. The number of carbonyl (C=O) groups excluding carboxylic acids is 2. The second-order valence-corrected chi connectivity index (χ2v) is 11.6. The molecular weight excluding hydrogens is 474 g/mol. The van der Waals surface area contributed by atoms with E-state index in [2.05, 4.69) is 54.5 Å². The molecule has 2 aliphatic rings. The lowest BCUT2D eigenvalue weighted by atomic mass is 9.89. The van der Waals surface area contributed by atoms with E-state index in [0.29, 0.717) is 26.1 Å². The Morgan fingerprint density at radius 1 is 0.914 bits per heavy atom. The van der Waals surface area contributed by atoms with Crippen molar-refractivity contribution in [1.29, 1.82) is 0 Å². The van der Waals surface area contributed by atoms with Crippen molar-refractivity contribution in [2.75, 3.05) is 32.7 Å². The van der Waals surface area contributed by atoms with Crippen LogP contribution in [0.1, 0.15) is 45.8 Å². The van der Waals surface area contributed by atoms with Crippen molar-refractivity contribution in [2.45, 2.75) is 45.2 Å². The third-order valence-corrected chi connectivity index (χ3v) is 9.28. The number of thiophene rings is 2. The van der Waals surface area contributed by atoms with Crippen LogP contribution in [0.3, 0.4) is 0 Å². The minimum absolute atomic E-state index is 0.0981. The first-order valence-corrected chi connectivity index (χ1v) is 14.3. The zero-order valence-corrected chi connectivity index (χ0v) is 22.1. The average molecular weight is 508 g/mol. The fourth-order valence-electron chi connectivity index (χ4n) is 5.46. The molecule has 0 bridgehead atoms. The number of hydrogen-bond donors (Lipinski definition) is 0. The zero-order valence-electron chi connectivity index (χ0n) is 20.5. The predicted octanol–water partition coefficient (Wildman–Crippen LogP) is 4.76. The standard InChI is InChI=1S/C28H33N3O2S2/c1-20-7-3-4-9-23(20)27-24-11-18-35-25(24)10-14-31(27)21(2)28(33)30-13-6-12-29(15-16-30)26(32)19-22-8-5-17-34-22/h3-5,7-9,11,17-18,21,27H,6,10,12-16,19H2,1-2H3/t21-,27-/m0/s1. The van der Waals surface area contributed by atoms with Crippen LogP contribution in [0.25, 0.3) is 0 Å². The maximum absolute atomic E-state index is 13.8. The summed E-state index contributed by atoms with van der Waals surface area (Å²) in [6, 6.07) is 14.7. The Labute approximate surface area is 216 Å². The van der Waals surface area contributed by atoms with Crippen LogP contribution in [0.15, 0.2) is 53.2 Å². The number of aryl methyl sites for hydroxylation is 1. The second-order valence-electron chi connectivity index (χ2n) is 9.54. The molecule has 5 rings (SSSR count). The fraction of sp³-hybridized carbons (Fsp3) is 0.429. The molecule has 184 valence electrons. The average Bonchev–Trinajstić information content (AvgIpc) is 3.49. The third-order valence-electron chi connectivity index (χ3n) is 7.41. The molecule has 3 aromatic rings. The molecule has 1 aromatic carbocycles. The van der Waals surface area contributed by atoms with Gasteiger partial charge in [0.15, 0.2) is 0 Å². The van der Waals surface area contributed by atoms with Crippen LogP contribution in [-0.2, 0) is 22.4 Å². The van der Waals surface area contributed by atoms with Gasteiger partial charge in [-0.05, 0) is 66.3 Å². The van der Waals surface area contributed by atoms with Gasteiger partial charge in [0.2, 0.25) is 11.8 Å². The summed E-state index contributed by atoms with van der Waals surface area (Å²) in [5, 5.41) is 4.19. The first-order chi connectivity index (χ1) is 17.0. The summed E-state index contributed by atoms with van der Waals surface area (Å²) >= 11 is 3.45. The molecule has 1 saturated heterocycles. The highest BCUT2D eigenvalue weighted by molar-refractivity contribution is 7.10. The van der Waals surface area contributed by atoms with Gasteiger partial charge in [-0.25, -0.2) is 0 Å². The van der Waals surface area contributed by atoms with E-state index in [0.717, 1.165) is 30.8 Å². The van der Waals surface area contributed by atoms with E-state index in [4.69, 9.17) is 0 Å². The van der Waals surface area contributed by atoms with Crippen molar-refractivity contribution >= 4 is 34.5 Å². The zero-order chi connectivity index (χ0) is 24.4. The summed E-state index contributed by atoms with van der Waals surface area (Å²) in [7, 11) is 0. The minimum Gasteiger partial charge on any atom is -0.341 e. The lowest BCUT2D eigenvalue weighted by molar-refractivity contribution is -0.138. The SMILES string of the molecule is Cc1ccccc1[C@H]1c2ccsc2CCN1[C@@H](C)C(=O)N1CCCN(C(=O)Cc2cccs2)CC1. The van der Waals surface area contributed by atoms with Crippen LogP contribution in [0, 0.1) is 6.92 Å². The molecule has 5 nitrogen and oxygen atoms in total. The van der Waals surface area contributed by atoms with Crippen molar-refractivity contribution in [1.82, 2.24) is 14.7 Å². The Hall–Kier alpha value is -2.48. The summed E-state index contributed by atoms with van der Waals surface area (Å²) in [4.78, 5) is 35.5. The summed E-state index contributed by atoms with van der Waals surface area (Å²) in [6.45, 7) is 7.74. The van der Waals surface area contributed by atoms with Gasteiger partial charge in [0, 0.05) is 42.5 Å². The van der Waals surface area contributed by atoms with E-state index in [1.54, 1.807) is 11.3 Å². The summed E-state index contributed by atoms with van der Waals surface area (Å²) in [5.41, 5.74) is 3.89. The Balaban J connectivity index is 1.30. The Morgan fingerprint density at radius 2 is 1.71 bits per heavy atom. The molecular formula is C28H33N3O2S2. The molecule has 0 spiro atoms. The molecule has 4 heterocycles. The van der Waals surface area contributed by atoms with Gasteiger partial charge in [-0.1, -0.05) is 30.3 Å². The van der Waals surface area contributed by atoms with Crippen molar-refractivity contribution < 1.29 is 9.59 Å². The molecule has 35 heavy (non-hydrogen) atoms. The van der Waals surface area contributed by atoms with Crippen LogP contribution in [0.5, 0.6) is 0 Å². The Bertz CT molecular complexity index is 1170. The molecule has 0 N–H and O–H groups in total. The number of rotatable bonds is 5. The van der Waals surface area contributed by atoms with Crippen molar-refractivity contribution in [3.05, 3.63) is 79.7 Å². The van der Waals surface area contributed by atoms with E-state index in [9.17, 15) is 9.59 Å². The van der Waals surface area contributed by atoms with E-state index in [-0.39, 0.29) is 23.9 Å². The summed E-state index contributed by atoms with van der Waals surface area (Å²) < 4.78 is 0. The molecule has 2 amide bonds. The van der Waals surface area contributed by atoms with Gasteiger partial charge in [0.25, 0.3) is 0 Å². The number of hydrogen-bond acceptors (Lipinski definition) is 5. The number of nitrogens with zero attached hydrogens (tertiary/aromatic N) is 3. The molecule has 0 saturated carbocycles. The highest BCUT2D eigenvalue weighted by atomic mass is 32.1. The molecule has 2 aromatic heterocycles. The Kier molecular flexibility index (Phi) is 7.37.